The Labute approximate surface area is 840 Å². The molecule has 754 valence electrons. The van der Waals surface area contributed by atoms with E-state index in [1.807, 2.05) is 124 Å². The Morgan fingerprint density at radius 2 is 0.636 bits per heavy atom. The largest absolute Gasteiger partial charge is 0.471 e. The lowest BCUT2D eigenvalue weighted by Gasteiger charge is -2.32. The van der Waals surface area contributed by atoms with Gasteiger partial charge in [0.15, 0.2) is 0 Å². The van der Waals surface area contributed by atoms with Crippen molar-refractivity contribution in [2.45, 2.75) is 210 Å². The third kappa shape index (κ3) is 29.3. The summed E-state index contributed by atoms with van der Waals surface area (Å²) in [5.41, 5.74) is 30.6. The van der Waals surface area contributed by atoms with Crippen LogP contribution in [0.1, 0.15) is 185 Å². The number of ether oxygens (including phenoxy) is 1. The number of aromatic nitrogens is 3. The van der Waals surface area contributed by atoms with Gasteiger partial charge in [0.05, 0.1) is 19.8 Å². The number of rotatable bonds is 10. The minimum Gasteiger partial charge on any atom is -0.444 e. The van der Waals surface area contributed by atoms with Gasteiger partial charge in [-0.15, -0.1) is 24.0 Å². The highest BCUT2D eigenvalue weighted by Gasteiger charge is 2.46. The fourth-order valence-electron chi connectivity index (χ4n) is 18.5. The first-order valence-electron chi connectivity index (χ1n) is 45.2. The number of halogens is 12. The summed E-state index contributed by atoms with van der Waals surface area (Å²) in [5, 5.41) is 38.6. The lowest BCUT2D eigenvalue weighted by molar-refractivity contribution is -0.186. The molecular weight excluding hydrogens is 1990 g/mol. The zero-order valence-corrected chi connectivity index (χ0v) is 80.2. The number of nitrogens with one attached hydrogen (secondary N) is 5. The summed E-state index contributed by atoms with van der Waals surface area (Å²) >= 11 is 3.31. The number of H-pyrrole nitrogens is 3. The summed E-state index contributed by atoms with van der Waals surface area (Å²) < 4.78 is 118. The second-order valence-corrected chi connectivity index (χ2v) is 36.2. The highest BCUT2D eigenvalue weighted by molar-refractivity contribution is 14.0. The summed E-state index contributed by atoms with van der Waals surface area (Å²) in [5.74, 6) is -5.33. The number of benzene rings is 10. The Balaban J connectivity index is 0.000000223. The van der Waals surface area contributed by atoms with Crippen molar-refractivity contribution in [1.29, 1.82) is 0 Å². The lowest BCUT2D eigenvalue weighted by atomic mass is 9.91. The van der Waals surface area contributed by atoms with E-state index in [9.17, 15) is 63.8 Å². The van der Waals surface area contributed by atoms with Crippen LogP contribution in [0.25, 0.3) is 32.7 Å². The molecule has 0 bridgehead atoms. The number of likely N-dealkylation sites (N-methyl/N-ethyl adjacent to an activating group) is 1. The third-order valence-electron chi connectivity index (χ3n) is 25.5. The molecule has 7 aliphatic heterocycles. The molecule has 4 amide bonds. The molecular formula is C110H132BrF10IN10O8. The Hall–Kier alpha value is -11.2. The highest BCUT2D eigenvalue weighted by atomic mass is 127. The Kier molecular flexibility index (Phi) is 41.9. The van der Waals surface area contributed by atoms with Gasteiger partial charge in [-0.2, -0.15) is 39.5 Å². The molecule has 0 radical (unpaired) electrons. The summed E-state index contributed by atoms with van der Waals surface area (Å²) in [6.45, 7) is 13.3. The molecule has 10 aromatic carbocycles. The van der Waals surface area contributed by atoms with Crippen molar-refractivity contribution in [3.05, 3.63) is 352 Å². The molecule has 30 heteroatoms. The van der Waals surface area contributed by atoms with E-state index in [4.69, 9.17) is 14.9 Å². The number of aromatic amines is 3. The van der Waals surface area contributed by atoms with Crippen LogP contribution in [0.4, 0.5) is 49.0 Å². The van der Waals surface area contributed by atoms with E-state index in [2.05, 4.69) is 157 Å². The maximum atomic E-state index is 12.8. The van der Waals surface area contributed by atoms with Gasteiger partial charge in [0.1, 0.15) is 5.60 Å². The first-order valence-corrected chi connectivity index (χ1v) is 46.3. The van der Waals surface area contributed by atoms with Crippen LogP contribution in [0.3, 0.4) is 0 Å². The second kappa shape index (κ2) is 51.5. The standard InChI is InChI=1S/C20H17F3N2O.C19H20N2.C18H18N2.C15H21NO3.C12H11BrF3NO.C12H12F3NO2.C10H13NO.4CH4.FH.HI.H2/c21-20(22,23)19(26)25-9-7-14-2-1-3-15(17(14)12-25)10-13-4-5-18-16(11-13)6-8-24-18;1-21-10-8-15-3-2-4-16(18(15)13-21)11-14-5-6-19-17(12-14)7-9-20-19;1-2-14-6-8-19-12-17(14)15(3-1)10-13-4-5-18-16(11-13)7-9-20-18;1-15(2,3)19-14(18)16-8-7-11-5-4-6-12(10-17)13(11)9-16;13-6-9-3-1-2-8-4-5-17(7-10(8)9)11(18)12(14,15)16;13-12(14,15)11(18)16-5-4-8-2-1-3-9(7-17)10(8)6-16;12-7-9-3-1-2-8-4-5-11-6-10(8)9;;;;;;;/h1-6,8,11,24H,7,9-10,12H2;2-7,9,12,20H,8,10-11,13H2,1H3;1-5,7,9,11,19-20H,6,8,10,12H2;4-6,17H,7-10H2,1-3H3;1-3H,4-7H2;1-3,17H,4-7H2;1-3,11-12H,4-7H2;4*1H4;3*1H. The quantitative estimate of drug-likeness (QED) is 0.0365. The van der Waals surface area contributed by atoms with E-state index in [1.165, 1.54) is 90.4 Å². The Morgan fingerprint density at radius 1 is 0.364 bits per heavy atom. The van der Waals surface area contributed by atoms with Gasteiger partial charge >= 0.3 is 42.3 Å². The van der Waals surface area contributed by atoms with Gasteiger partial charge < -0.3 is 70.1 Å². The van der Waals surface area contributed by atoms with Crippen LogP contribution in [-0.2, 0) is 154 Å². The van der Waals surface area contributed by atoms with Crippen molar-refractivity contribution in [3.8, 4) is 0 Å². The first-order chi connectivity index (χ1) is 64.3. The lowest BCUT2D eigenvalue weighted by Crippen LogP contribution is -2.44. The van der Waals surface area contributed by atoms with Crippen LogP contribution in [0.5, 0.6) is 0 Å². The molecule has 0 aliphatic carbocycles. The predicted molar refractivity (Wildman–Crippen MR) is 552 cm³/mol. The van der Waals surface area contributed by atoms with Crippen molar-refractivity contribution >= 4 is 96.4 Å². The Morgan fingerprint density at radius 3 is 0.964 bits per heavy atom. The fourth-order valence-corrected chi connectivity index (χ4v) is 19.0. The molecule has 0 spiro atoms. The number of carbonyl (C=O) groups is 4. The topological polar surface area (TPSA) is 226 Å². The van der Waals surface area contributed by atoms with Crippen LogP contribution in [0, 0.1) is 0 Å². The van der Waals surface area contributed by atoms with E-state index in [0.717, 1.165) is 152 Å². The number of carbonyl (C=O) groups excluding carboxylic acids is 4. The summed E-state index contributed by atoms with van der Waals surface area (Å²) in [7, 11) is 2.21. The summed E-state index contributed by atoms with van der Waals surface area (Å²) in [4.78, 5) is 62.4. The van der Waals surface area contributed by atoms with Crippen molar-refractivity contribution in [1.82, 2.24) is 50.1 Å². The van der Waals surface area contributed by atoms with Crippen molar-refractivity contribution < 1.29 is 84.9 Å². The monoisotopic (exact) mass is 2120 g/mol. The van der Waals surface area contributed by atoms with Crippen molar-refractivity contribution in [3.63, 3.8) is 0 Å². The summed E-state index contributed by atoms with van der Waals surface area (Å²) in [6.07, 6.45) is -0.671. The average molecular weight is 2120 g/mol. The van der Waals surface area contributed by atoms with E-state index in [0.29, 0.717) is 55.2 Å². The molecule has 13 aromatic rings. The Bertz CT molecular complexity index is 6170. The second-order valence-electron chi connectivity index (χ2n) is 35.6. The van der Waals surface area contributed by atoms with Gasteiger partial charge in [-0.1, -0.05) is 191 Å². The fraction of sp³-hybridized carbons (Fsp3) is 0.364. The molecule has 0 fully saturated rings. The molecule has 0 atom stereocenters. The van der Waals surface area contributed by atoms with Gasteiger partial charge in [-0.25, -0.2) is 4.79 Å². The van der Waals surface area contributed by atoms with Crippen LogP contribution < -0.4 is 10.6 Å². The number of aliphatic hydroxyl groups is 3. The maximum absolute atomic E-state index is 12.8. The number of hydrogen-bond acceptors (Lipinski definition) is 11. The molecule has 8 N–H and O–H groups in total. The van der Waals surface area contributed by atoms with Gasteiger partial charge in [0.25, 0.3) is 0 Å². The number of aliphatic hydroxyl groups excluding tert-OH is 3. The molecule has 18 nitrogen and oxygen atoms in total. The number of fused-ring (bicyclic) bond motifs is 10. The van der Waals surface area contributed by atoms with Gasteiger partial charge in [0.2, 0.25) is 0 Å². The molecule has 140 heavy (non-hydrogen) atoms. The van der Waals surface area contributed by atoms with Crippen LogP contribution >= 0.6 is 39.9 Å². The average Bonchev–Trinajstić information content (AvgIpc) is 1.49. The highest BCUT2D eigenvalue weighted by Crippen LogP contribution is 2.35. The van der Waals surface area contributed by atoms with Crippen molar-refractivity contribution in [2.24, 2.45) is 0 Å². The minimum atomic E-state index is -4.84. The molecule has 0 unspecified atom stereocenters. The van der Waals surface area contributed by atoms with E-state index in [-0.39, 0.29) is 125 Å². The molecule has 20 rings (SSSR count). The van der Waals surface area contributed by atoms with E-state index >= 15 is 0 Å². The minimum absolute atomic E-state index is 0. The maximum Gasteiger partial charge on any atom is 0.471 e. The first kappa shape index (κ1) is 114. The number of nitrogens with zero attached hydrogens (tertiary/aromatic N) is 5. The zero-order valence-electron chi connectivity index (χ0n) is 76.3. The smallest absolute Gasteiger partial charge is 0.444 e. The molecule has 0 saturated heterocycles. The SMILES string of the molecule is C.C.C.C.CC(C)(C)OC(=O)N1CCc2cccc(CO)c2C1.CN1CCc2cccc(Cc3ccc4[nH]ccc4c3)c2C1.F.I.O=C(N1CCc2cccc(CBr)c2C1)C(F)(F)F.O=C(N1CCc2cccc(CO)c2C1)C(F)(F)F.O=C(N1CCc2cccc(Cc3ccc4[nH]ccc4c3)c2C1)C(F)(F)F.OCc1cccc2c1CNCC2.[HH].c1cc2c(c(Cc3ccc4[nH]ccc4c3)c1)CNCC2. The van der Waals surface area contributed by atoms with Gasteiger partial charge in [-0.3, -0.25) is 19.1 Å². The van der Waals surface area contributed by atoms with Crippen LogP contribution in [-0.4, -0.2) is 156 Å². The number of amides is 4. The number of hydrogen-bond donors (Lipinski definition) is 8. The normalized spacial score (nSPS) is 14.4. The molecule has 7 aliphatic rings. The number of alkyl halides is 10. The summed E-state index contributed by atoms with van der Waals surface area (Å²) in [6, 6.07) is 68.1. The van der Waals surface area contributed by atoms with Gasteiger partial charge in [0, 0.05) is 120 Å². The van der Waals surface area contributed by atoms with Crippen molar-refractivity contribution in [2.75, 3.05) is 52.9 Å². The van der Waals surface area contributed by atoms with Crippen LogP contribution in [0.15, 0.2) is 219 Å². The molecule has 0 saturated carbocycles. The van der Waals surface area contributed by atoms with E-state index < -0.39 is 41.9 Å². The van der Waals surface area contributed by atoms with Gasteiger partial charge in [-0.05, 0) is 309 Å². The van der Waals surface area contributed by atoms with E-state index in [1.54, 1.807) is 22.6 Å². The molecule has 3 aromatic heterocycles. The van der Waals surface area contributed by atoms with Crippen LogP contribution in [0.2, 0.25) is 0 Å². The zero-order chi connectivity index (χ0) is 95.0. The predicted octanol–water partition coefficient (Wildman–Crippen LogP) is 22.9. The third-order valence-corrected chi connectivity index (χ3v) is 26.1. The molecule has 10 heterocycles.